The minimum absolute atomic E-state index is 0.0759. The number of hydrogen-bond donors (Lipinski definition) is 1. The molecule has 0 aliphatic heterocycles. The molecule has 1 amide bonds. The Hall–Kier alpha value is -4.26. The molecule has 1 N–H and O–H groups in total. The second-order valence-corrected chi connectivity index (χ2v) is 6.78. The van der Waals surface area contributed by atoms with Gasteiger partial charge in [-0.1, -0.05) is 42.5 Å². The van der Waals surface area contributed by atoms with Gasteiger partial charge in [-0.05, 0) is 47.2 Å². The minimum atomic E-state index is -0.234. The lowest BCUT2D eigenvalue weighted by Gasteiger charge is -2.09. The molecule has 7 heteroatoms. The van der Waals surface area contributed by atoms with Crippen LogP contribution < -0.4 is 10.1 Å². The Labute approximate surface area is 171 Å². The van der Waals surface area contributed by atoms with Crippen LogP contribution in [0.4, 0.5) is 5.69 Å². The third kappa shape index (κ3) is 3.68. The summed E-state index contributed by atoms with van der Waals surface area (Å²) in [6.45, 7) is -0.0759. The third-order valence-corrected chi connectivity index (χ3v) is 4.69. The fourth-order valence-electron chi connectivity index (χ4n) is 3.24. The number of benzene rings is 3. The Morgan fingerprint density at radius 2 is 1.83 bits per heavy atom. The zero-order valence-electron chi connectivity index (χ0n) is 15.9. The van der Waals surface area contributed by atoms with Gasteiger partial charge in [0, 0.05) is 11.3 Å². The van der Waals surface area contributed by atoms with E-state index in [1.807, 2.05) is 78.9 Å². The number of anilines is 1. The molecule has 146 valence electrons. The molecule has 7 nitrogen and oxygen atoms in total. The maximum atomic E-state index is 12.4. The van der Waals surface area contributed by atoms with Gasteiger partial charge in [0.2, 0.25) is 0 Å². The zero-order chi connectivity index (χ0) is 20.3. The summed E-state index contributed by atoms with van der Waals surface area (Å²) >= 11 is 0. The van der Waals surface area contributed by atoms with E-state index in [0.717, 1.165) is 22.0 Å². The van der Waals surface area contributed by atoms with Crippen molar-refractivity contribution in [3.8, 4) is 17.0 Å². The largest absolute Gasteiger partial charge is 0.484 e. The number of ether oxygens (including phenoxy) is 1. The maximum absolute atomic E-state index is 12.4. The lowest BCUT2D eigenvalue weighted by molar-refractivity contribution is -0.118. The predicted octanol–water partition coefficient (Wildman–Crippen LogP) is 3.96. The van der Waals surface area contributed by atoms with Crippen molar-refractivity contribution in [2.24, 2.45) is 0 Å². The Morgan fingerprint density at radius 3 is 2.77 bits per heavy atom. The number of carbonyl (C=O) groups excluding carboxylic acids is 1. The number of nitrogens with one attached hydrogen (secondary N) is 1. The summed E-state index contributed by atoms with van der Waals surface area (Å²) in [4.78, 5) is 12.4. The second-order valence-electron chi connectivity index (χ2n) is 6.78. The molecule has 0 unspecified atom stereocenters. The molecule has 0 spiro atoms. The summed E-state index contributed by atoms with van der Waals surface area (Å²) in [7, 11) is 0. The predicted molar refractivity (Wildman–Crippen MR) is 114 cm³/mol. The van der Waals surface area contributed by atoms with E-state index in [2.05, 4.69) is 20.6 Å². The first-order valence-corrected chi connectivity index (χ1v) is 9.44. The summed E-state index contributed by atoms with van der Waals surface area (Å²) in [5.74, 6) is 0.423. The minimum Gasteiger partial charge on any atom is -0.484 e. The van der Waals surface area contributed by atoms with Crippen molar-refractivity contribution in [3.63, 3.8) is 0 Å². The van der Waals surface area contributed by atoms with Crippen LogP contribution in [-0.4, -0.2) is 32.3 Å². The van der Waals surface area contributed by atoms with Crippen LogP contribution in [0.15, 0.2) is 85.2 Å². The van der Waals surface area contributed by atoms with Crippen molar-refractivity contribution >= 4 is 28.0 Å². The van der Waals surface area contributed by atoms with Gasteiger partial charge in [0.05, 0.1) is 5.69 Å². The van der Waals surface area contributed by atoms with Crippen molar-refractivity contribution in [1.29, 1.82) is 0 Å². The van der Waals surface area contributed by atoms with Gasteiger partial charge in [-0.15, -0.1) is 10.2 Å². The van der Waals surface area contributed by atoms with E-state index in [1.165, 1.54) is 0 Å². The average molecular weight is 395 g/mol. The van der Waals surface area contributed by atoms with Crippen LogP contribution in [-0.2, 0) is 4.79 Å². The fraction of sp³-hybridized carbons (Fsp3) is 0.0435. The zero-order valence-corrected chi connectivity index (χ0v) is 15.9. The van der Waals surface area contributed by atoms with Gasteiger partial charge in [0.25, 0.3) is 5.91 Å². The van der Waals surface area contributed by atoms with Crippen LogP contribution in [0.1, 0.15) is 0 Å². The number of fused-ring (bicyclic) bond motifs is 2. The van der Waals surface area contributed by atoms with Gasteiger partial charge in [0.15, 0.2) is 12.3 Å². The molecular formula is C23H17N5O2. The quantitative estimate of drug-likeness (QED) is 0.487. The fourth-order valence-corrected chi connectivity index (χ4v) is 3.24. The Morgan fingerprint density at radius 1 is 0.933 bits per heavy atom. The summed E-state index contributed by atoms with van der Waals surface area (Å²) in [6.07, 6.45) is 1.55. The molecule has 30 heavy (non-hydrogen) atoms. The number of amides is 1. The number of rotatable bonds is 5. The van der Waals surface area contributed by atoms with Crippen LogP contribution in [0.3, 0.4) is 0 Å². The van der Waals surface area contributed by atoms with Gasteiger partial charge in [-0.25, -0.2) is 0 Å². The standard InChI is InChI=1S/C23H17N5O2/c29-23(14-30-20-9-8-16-4-1-2-5-17(16)13-20)25-19-7-3-6-18(12-19)21-10-11-22-26-24-15-28(22)27-21/h1-13,15H,14H2,(H,25,29). The highest BCUT2D eigenvalue weighted by Gasteiger charge is 2.07. The number of nitrogens with zero attached hydrogens (tertiary/aromatic N) is 4. The number of aromatic nitrogens is 4. The Kier molecular flexibility index (Phi) is 4.53. The molecule has 0 saturated heterocycles. The third-order valence-electron chi connectivity index (χ3n) is 4.69. The molecule has 0 bridgehead atoms. The molecule has 5 rings (SSSR count). The van der Waals surface area contributed by atoms with Gasteiger partial charge in [-0.3, -0.25) is 4.79 Å². The molecule has 0 aliphatic rings. The van der Waals surface area contributed by atoms with E-state index < -0.39 is 0 Å². The van der Waals surface area contributed by atoms with Crippen LogP contribution in [0.5, 0.6) is 5.75 Å². The SMILES string of the molecule is O=C(COc1ccc2ccccc2c1)Nc1cccc(-c2ccc3nncn3n2)c1. The lowest BCUT2D eigenvalue weighted by atomic mass is 10.1. The molecule has 0 fully saturated rings. The van der Waals surface area contributed by atoms with Gasteiger partial charge < -0.3 is 10.1 Å². The van der Waals surface area contributed by atoms with Crippen molar-refractivity contribution in [2.75, 3.05) is 11.9 Å². The van der Waals surface area contributed by atoms with Crippen LogP contribution in [0.25, 0.3) is 27.7 Å². The normalized spacial score (nSPS) is 10.9. The first kappa shape index (κ1) is 17.8. The maximum Gasteiger partial charge on any atom is 0.262 e. The monoisotopic (exact) mass is 395 g/mol. The smallest absolute Gasteiger partial charge is 0.262 e. The Balaban J connectivity index is 1.27. The van der Waals surface area contributed by atoms with Gasteiger partial charge >= 0.3 is 0 Å². The highest BCUT2D eigenvalue weighted by molar-refractivity contribution is 5.92. The van der Waals surface area contributed by atoms with Crippen molar-refractivity contribution in [1.82, 2.24) is 19.8 Å². The summed E-state index contributed by atoms with van der Waals surface area (Å²) in [5.41, 5.74) is 2.98. The molecule has 5 aromatic rings. The van der Waals surface area contributed by atoms with Crippen molar-refractivity contribution in [3.05, 3.63) is 85.2 Å². The summed E-state index contributed by atoms with van der Waals surface area (Å²) < 4.78 is 7.27. The molecule has 2 aromatic heterocycles. The highest BCUT2D eigenvalue weighted by atomic mass is 16.5. The molecule has 3 aromatic carbocycles. The van der Waals surface area contributed by atoms with Gasteiger partial charge in [-0.2, -0.15) is 9.61 Å². The molecule has 2 heterocycles. The first-order chi connectivity index (χ1) is 14.7. The Bertz CT molecular complexity index is 1360. The lowest BCUT2D eigenvalue weighted by Crippen LogP contribution is -2.20. The van der Waals surface area contributed by atoms with Crippen LogP contribution in [0.2, 0.25) is 0 Å². The molecule has 0 atom stereocenters. The molecule has 0 radical (unpaired) electrons. The molecular weight excluding hydrogens is 378 g/mol. The van der Waals surface area contributed by atoms with Gasteiger partial charge in [0.1, 0.15) is 12.1 Å². The summed E-state index contributed by atoms with van der Waals surface area (Å²) in [5, 5.41) is 17.3. The van der Waals surface area contributed by atoms with E-state index in [9.17, 15) is 4.79 Å². The van der Waals surface area contributed by atoms with Crippen molar-refractivity contribution < 1.29 is 9.53 Å². The molecule has 0 aliphatic carbocycles. The first-order valence-electron chi connectivity index (χ1n) is 9.44. The number of hydrogen-bond acceptors (Lipinski definition) is 5. The average Bonchev–Trinajstić information content (AvgIpc) is 3.26. The van der Waals surface area contributed by atoms with E-state index >= 15 is 0 Å². The van der Waals surface area contributed by atoms with Crippen LogP contribution >= 0.6 is 0 Å². The molecule has 0 saturated carbocycles. The van der Waals surface area contributed by atoms with E-state index in [1.54, 1.807) is 10.8 Å². The topological polar surface area (TPSA) is 81.4 Å². The van der Waals surface area contributed by atoms with E-state index in [0.29, 0.717) is 17.1 Å². The van der Waals surface area contributed by atoms with E-state index in [-0.39, 0.29) is 12.5 Å². The highest BCUT2D eigenvalue weighted by Crippen LogP contribution is 2.22. The summed E-state index contributed by atoms with van der Waals surface area (Å²) in [6, 6.07) is 25.0. The van der Waals surface area contributed by atoms with Crippen LogP contribution in [0, 0.1) is 0 Å². The number of carbonyl (C=O) groups is 1. The van der Waals surface area contributed by atoms with Crippen molar-refractivity contribution in [2.45, 2.75) is 0 Å². The van der Waals surface area contributed by atoms with E-state index in [4.69, 9.17) is 4.74 Å². The second kappa shape index (κ2) is 7.63.